The molecule has 0 aliphatic rings. The van der Waals surface area contributed by atoms with Crippen LogP contribution in [0.5, 0.6) is 11.5 Å². The summed E-state index contributed by atoms with van der Waals surface area (Å²) >= 11 is 0. The molecule has 0 aliphatic carbocycles. The van der Waals surface area contributed by atoms with Gasteiger partial charge in [0.05, 0.1) is 0 Å². The van der Waals surface area contributed by atoms with Crippen molar-refractivity contribution in [3.8, 4) is 11.5 Å². The molecule has 0 radical (unpaired) electrons. The Balaban J connectivity index is 2.27. The van der Waals surface area contributed by atoms with Crippen LogP contribution in [0.15, 0.2) is 54.6 Å². The van der Waals surface area contributed by atoms with E-state index in [-0.39, 0.29) is 17.4 Å². The number of phenolic OH excluding ortho intramolecular Hbond substituents is 2. The number of fused-ring (bicyclic) bond motifs is 5. The van der Waals surface area contributed by atoms with Crippen molar-refractivity contribution in [3.63, 3.8) is 0 Å². The van der Waals surface area contributed by atoms with E-state index in [1.165, 1.54) is 0 Å². The van der Waals surface area contributed by atoms with E-state index in [1.54, 1.807) is 12.1 Å². The molecule has 0 heterocycles. The fourth-order valence-electron chi connectivity index (χ4n) is 3.60. The van der Waals surface area contributed by atoms with Crippen molar-refractivity contribution in [2.75, 3.05) is 0 Å². The number of aromatic hydroxyl groups is 2. The van der Waals surface area contributed by atoms with Crippen molar-refractivity contribution < 1.29 is 10.2 Å². The smallest absolute Gasteiger partial charge is 0.124 e. The molecule has 0 atom stereocenters. The normalized spacial score (nSPS) is 11.8. The van der Waals surface area contributed by atoms with Crippen LogP contribution in [0, 0.1) is 0 Å². The van der Waals surface area contributed by atoms with Crippen LogP contribution >= 0.6 is 0 Å². The summed E-state index contributed by atoms with van der Waals surface area (Å²) in [7, 11) is 0. The maximum atomic E-state index is 10.7. The summed E-state index contributed by atoms with van der Waals surface area (Å²) in [4.78, 5) is 0. The molecule has 4 aromatic carbocycles. The fraction of sp³-hybridized carbons (Fsp3) is 0.143. The third kappa shape index (κ3) is 1.95. The molecule has 0 saturated carbocycles. The zero-order valence-corrected chi connectivity index (χ0v) is 13.2. The quantitative estimate of drug-likeness (QED) is 0.444. The molecule has 0 saturated heterocycles. The Hall–Kier alpha value is -2.74. The van der Waals surface area contributed by atoms with Crippen LogP contribution in [0.4, 0.5) is 0 Å². The summed E-state index contributed by atoms with van der Waals surface area (Å²) in [6.07, 6.45) is 0. The number of hydrogen-bond acceptors (Lipinski definition) is 2. The highest BCUT2D eigenvalue weighted by molar-refractivity contribution is 6.20. The van der Waals surface area contributed by atoms with Crippen LogP contribution in [-0.2, 0) is 0 Å². The van der Waals surface area contributed by atoms with E-state index in [2.05, 4.69) is 32.0 Å². The van der Waals surface area contributed by atoms with Crippen LogP contribution in [0.3, 0.4) is 0 Å². The maximum absolute atomic E-state index is 10.7. The van der Waals surface area contributed by atoms with Gasteiger partial charge >= 0.3 is 0 Å². The zero-order valence-electron chi connectivity index (χ0n) is 13.2. The van der Waals surface area contributed by atoms with Gasteiger partial charge in [0.25, 0.3) is 0 Å². The first kappa shape index (κ1) is 13.9. The molecule has 0 aliphatic heterocycles. The predicted octanol–water partition coefficient (Wildman–Crippen LogP) is 5.68. The second kappa shape index (κ2) is 4.88. The molecule has 2 heteroatoms. The summed E-state index contributed by atoms with van der Waals surface area (Å²) in [6, 6.07) is 17.7. The SMILES string of the molecule is CC(C)c1c(O)ccc2c1cc(O)c1c3ccccc3ccc21. The van der Waals surface area contributed by atoms with Gasteiger partial charge in [-0.25, -0.2) is 0 Å². The third-order valence-corrected chi connectivity index (χ3v) is 4.60. The van der Waals surface area contributed by atoms with E-state index in [0.29, 0.717) is 0 Å². The van der Waals surface area contributed by atoms with Crippen LogP contribution < -0.4 is 0 Å². The number of rotatable bonds is 1. The van der Waals surface area contributed by atoms with Gasteiger partial charge in [-0.3, -0.25) is 0 Å². The molecule has 0 spiro atoms. The zero-order chi connectivity index (χ0) is 16.1. The van der Waals surface area contributed by atoms with E-state index < -0.39 is 0 Å². The lowest BCUT2D eigenvalue weighted by atomic mass is 9.90. The van der Waals surface area contributed by atoms with Crippen LogP contribution in [0.1, 0.15) is 25.3 Å². The molecule has 4 aromatic rings. The Kier molecular flexibility index (Phi) is 2.95. The maximum Gasteiger partial charge on any atom is 0.124 e. The number of benzene rings is 4. The van der Waals surface area contributed by atoms with Crippen molar-refractivity contribution in [2.24, 2.45) is 0 Å². The average Bonchev–Trinajstić information content (AvgIpc) is 2.53. The van der Waals surface area contributed by atoms with Gasteiger partial charge in [-0.2, -0.15) is 0 Å². The summed E-state index contributed by atoms with van der Waals surface area (Å²) < 4.78 is 0. The van der Waals surface area contributed by atoms with Gasteiger partial charge in [0.1, 0.15) is 11.5 Å². The highest BCUT2D eigenvalue weighted by Gasteiger charge is 2.15. The first-order chi connectivity index (χ1) is 11.1. The van der Waals surface area contributed by atoms with Crippen molar-refractivity contribution in [3.05, 3.63) is 60.2 Å². The van der Waals surface area contributed by atoms with Gasteiger partial charge in [-0.1, -0.05) is 56.3 Å². The molecular weight excluding hydrogens is 284 g/mol. The standard InChI is InChI=1S/C21H18O2/c1-12(2)20-17-11-19(23)21-14-6-4-3-5-13(14)7-8-16(21)15(17)9-10-18(20)22/h3-12,22-23H,1-2H3. The van der Waals surface area contributed by atoms with Gasteiger partial charge in [0, 0.05) is 10.9 Å². The summed E-state index contributed by atoms with van der Waals surface area (Å²) in [5, 5.41) is 26.9. The van der Waals surface area contributed by atoms with Crippen LogP contribution in [-0.4, -0.2) is 10.2 Å². The fourth-order valence-corrected chi connectivity index (χ4v) is 3.60. The van der Waals surface area contributed by atoms with Crippen molar-refractivity contribution in [2.45, 2.75) is 19.8 Å². The molecule has 2 N–H and O–H groups in total. The molecule has 4 rings (SSSR count). The summed E-state index contributed by atoms with van der Waals surface area (Å²) in [6.45, 7) is 4.10. The molecule has 0 fully saturated rings. The molecule has 0 bridgehead atoms. The van der Waals surface area contributed by atoms with Crippen LogP contribution in [0.2, 0.25) is 0 Å². The van der Waals surface area contributed by atoms with E-state index in [4.69, 9.17) is 0 Å². The topological polar surface area (TPSA) is 40.5 Å². The van der Waals surface area contributed by atoms with Gasteiger partial charge in [-0.15, -0.1) is 0 Å². The lowest BCUT2D eigenvalue weighted by Crippen LogP contribution is -1.92. The Labute approximate surface area is 134 Å². The number of hydrogen-bond donors (Lipinski definition) is 2. The van der Waals surface area contributed by atoms with E-state index in [9.17, 15) is 10.2 Å². The van der Waals surface area contributed by atoms with Gasteiger partial charge < -0.3 is 10.2 Å². The minimum Gasteiger partial charge on any atom is -0.508 e. The molecule has 0 amide bonds. The Morgan fingerprint density at radius 2 is 1.43 bits per heavy atom. The Morgan fingerprint density at radius 3 is 2.22 bits per heavy atom. The van der Waals surface area contributed by atoms with Crippen molar-refractivity contribution in [1.29, 1.82) is 0 Å². The molecule has 114 valence electrons. The predicted molar refractivity (Wildman–Crippen MR) is 96.4 cm³/mol. The Bertz CT molecular complexity index is 1060. The monoisotopic (exact) mass is 302 g/mol. The second-order valence-electron chi connectivity index (χ2n) is 6.35. The minimum absolute atomic E-state index is 0.177. The average molecular weight is 302 g/mol. The lowest BCUT2D eigenvalue weighted by Gasteiger charge is -2.16. The van der Waals surface area contributed by atoms with Crippen LogP contribution in [0.25, 0.3) is 32.3 Å². The van der Waals surface area contributed by atoms with E-state index >= 15 is 0 Å². The number of phenols is 2. The molecular formula is C21H18O2. The van der Waals surface area contributed by atoms with Crippen molar-refractivity contribution in [1.82, 2.24) is 0 Å². The molecule has 0 aromatic heterocycles. The van der Waals surface area contributed by atoms with E-state index in [0.717, 1.165) is 37.9 Å². The highest BCUT2D eigenvalue weighted by Crippen LogP contribution is 2.42. The Morgan fingerprint density at radius 1 is 0.696 bits per heavy atom. The summed E-state index contributed by atoms with van der Waals surface area (Å²) in [5.74, 6) is 0.722. The third-order valence-electron chi connectivity index (χ3n) is 4.60. The first-order valence-corrected chi connectivity index (χ1v) is 7.87. The first-order valence-electron chi connectivity index (χ1n) is 7.87. The highest BCUT2D eigenvalue weighted by atomic mass is 16.3. The summed E-state index contributed by atoms with van der Waals surface area (Å²) in [5.41, 5.74) is 0.882. The minimum atomic E-state index is 0.177. The van der Waals surface area contributed by atoms with Crippen molar-refractivity contribution >= 4 is 32.3 Å². The lowest BCUT2D eigenvalue weighted by molar-refractivity contribution is 0.466. The molecule has 2 nitrogen and oxygen atoms in total. The molecule has 23 heavy (non-hydrogen) atoms. The van der Waals surface area contributed by atoms with Gasteiger partial charge in [0.2, 0.25) is 0 Å². The second-order valence-corrected chi connectivity index (χ2v) is 6.35. The largest absolute Gasteiger partial charge is 0.508 e. The van der Waals surface area contributed by atoms with Gasteiger partial charge in [0.15, 0.2) is 0 Å². The van der Waals surface area contributed by atoms with Gasteiger partial charge in [-0.05, 0) is 45.0 Å². The molecule has 0 unspecified atom stereocenters. The van der Waals surface area contributed by atoms with E-state index in [1.807, 2.05) is 24.3 Å².